The quantitative estimate of drug-likeness (QED) is 0.810. The SMILES string of the molecule is CCC(=O)Nc1cccc2c1ncn2C. The van der Waals surface area contributed by atoms with E-state index < -0.39 is 0 Å². The Morgan fingerprint density at radius 1 is 1.53 bits per heavy atom. The number of nitrogens with one attached hydrogen (secondary N) is 1. The van der Waals surface area contributed by atoms with Crippen molar-refractivity contribution in [1.82, 2.24) is 9.55 Å². The molecule has 0 saturated carbocycles. The lowest BCUT2D eigenvalue weighted by Gasteiger charge is -2.04. The van der Waals surface area contributed by atoms with Crippen LogP contribution in [0.4, 0.5) is 5.69 Å². The van der Waals surface area contributed by atoms with Gasteiger partial charge in [0.15, 0.2) is 0 Å². The molecule has 0 saturated heterocycles. The normalized spacial score (nSPS) is 10.5. The zero-order chi connectivity index (χ0) is 10.8. The predicted molar refractivity (Wildman–Crippen MR) is 59.6 cm³/mol. The Bertz CT molecular complexity index is 502. The molecule has 4 heteroatoms. The zero-order valence-electron chi connectivity index (χ0n) is 8.82. The molecule has 1 heterocycles. The number of anilines is 1. The van der Waals surface area contributed by atoms with Gasteiger partial charge in [-0.2, -0.15) is 0 Å². The van der Waals surface area contributed by atoms with Crippen LogP contribution in [0.15, 0.2) is 24.5 Å². The summed E-state index contributed by atoms with van der Waals surface area (Å²) in [5.41, 5.74) is 2.63. The van der Waals surface area contributed by atoms with Crippen LogP contribution in [0.25, 0.3) is 11.0 Å². The van der Waals surface area contributed by atoms with E-state index in [1.165, 1.54) is 0 Å². The van der Waals surface area contributed by atoms with Crippen molar-refractivity contribution in [1.29, 1.82) is 0 Å². The lowest BCUT2D eigenvalue weighted by molar-refractivity contribution is -0.115. The lowest BCUT2D eigenvalue weighted by Crippen LogP contribution is -2.09. The summed E-state index contributed by atoms with van der Waals surface area (Å²) in [6, 6.07) is 5.75. The first-order valence-electron chi connectivity index (χ1n) is 4.92. The van der Waals surface area contributed by atoms with Crippen molar-refractivity contribution in [2.24, 2.45) is 7.05 Å². The number of carbonyl (C=O) groups excluding carboxylic acids is 1. The number of fused-ring (bicyclic) bond motifs is 1. The summed E-state index contributed by atoms with van der Waals surface area (Å²) < 4.78 is 1.93. The first-order valence-corrected chi connectivity index (χ1v) is 4.92. The maximum absolute atomic E-state index is 11.3. The number of hydrogen-bond acceptors (Lipinski definition) is 2. The second-order valence-electron chi connectivity index (χ2n) is 3.43. The van der Waals surface area contributed by atoms with Crippen LogP contribution in [0.1, 0.15) is 13.3 Å². The van der Waals surface area contributed by atoms with Gasteiger partial charge in [0.1, 0.15) is 5.52 Å². The molecule has 0 atom stereocenters. The molecule has 0 bridgehead atoms. The number of aromatic nitrogens is 2. The number of hydrogen-bond donors (Lipinski definition) is 1. The Kier molecular flexibility index (Phi) is 2.41. The van der Waals surface area contributed by atoms with Gasteiger partial charge in [0.25, 0.3) is 0 Å². The van der Waals surface area contributed by atoms with Crippen molar-refractivity contribution >= 4 is 22.6 Å². The standard InChI is InChI=1S/C11H13N3O/c1-3-10(15)13-8-5-4-6-9-11(8)12-7-14(9)2/h4-7H,3H2,1-2H3,(H,13,15). The van der Waals surface area contributed by atoms with Crippen molar-refractivity contribution in [3.63, 3.8) is 0 Å². The van der Waals surface area contributed by atoms with Crippen LogP contribution in [0.2, 0.25) is 0 Å². The number of nitrogens with zero attached hydrogens (tertiary/aromatic N) is 2. The minimum absolute atomic E-state index is 0.00755. The van der Waals surface area contributed by atoms with Crippen molar-refractivity contribution in [2.75, 3.05) is 5.32 Å². The molecule has 0 aliphatic rings. The molecule has 2 rings (SSSR count). The van der Waals surface area contributed by atoms with E-state index in [2.05, 4.69) is 10.3 Å². The first kappa shape index (κ1) is 9.71. The van der Waals surface area contributed by atoms with Crippen LogP contribution >= 0.6 is 0 Å². The smallest absolute Gasteiger partial charge is 0.224 e. The maximum atomic E-state index is 11.3. The van der Waals surface area contributed by atoms with Crippen LogP contribution < -0.4 is 5.32 Å². The number of amides is 1. The van der Waals surface area contributed by atoms with E-state index in [1.807, 2.05) is 36.7 Å². The fraction of sp³-hybridized carbons (Fsp3) is 0.273. The van der Waals surface area contributed by atoms with E-state index in [9.17, 15) is 4.79 Å². The van der Waals surface area contributed by atoms with Crippen LogP contribution in [-0.2, 0) is 11.8 Å². The van der Waals surface area contributed by atoms with Gasteiger partial charge in [0.05, 0.1) is 17.5 Å². The molecule has 0 fully saturated rings. The van der Waals surface area contributed by atoms with E-state index in [0.717, 1.165) is 16.7 Å². The van der Waals surface area contributed by atoms with Crippen LogP contribution in [0.5, 0.6) is 0 Å². The molecule has 0 unspecified atom stereocenters. The van der Waals surface area contributed by atoms with E-state index in [1.54, 1.807) is 6.33 Å². The molecular formula is C11H13N3O. The molecule has 2 aromatic rings. The van der Waals surface area contributed by atoms with Gasteiger partial charge in [-0.25, -0.2) is 4.98 Å². The molecule has 1 amide bonds. The lowest BCUT2D eigenvalue weighted by atomic mass is 10.2. The summed E-state index contributed by atoms with van der Waals surface area (Å²) in [4.78, 5) is 15.5. The van der Waals surface area contributed by atoms with Crippen LogP contribution in [0.3, 0.4) is 0 Å². The number of para-hydroxylation sites is 1. The van der Waals surface area contributed by atoms with Gasteiger partial charge in [-0.05, 0) is 12.1 Å². The van der Waals surface area contributed by atoms with Gasteiger partial charge in [-0.15, -0.1) is 0 Å². The summed E-state index contributed by atoms with van der Waals surface area (Å²) in [6.45, 7) is 1.83. The minimum Gasteiger partial charge on any atom is -0.334 e. The molecule has 0 radical (unpaired) electrons. The number of carbonyl (C=O) groups is 1. The zero-order valence-corrected chi connectivity index (χ0v) is 8.82. The van der Waals surface area contributed by atoms with Crippen molar-refractivity contribution in [3.8, 4) is 0 Å². The molecule has 0 spiro atoms. The fourth-order valence-corrected chi connectivity index (χ4v) is 1.50. The minimum atomic E-state index is 0.00755. The molecule has 0 aliphatic heterocycles. The molecule has 1 aromatic carbocycles. The van der Waals surface area contributed by atoms with Crippen molar-refractivity contribution < 1.29 is 4.79 Å². The average Bonchev–Trinajstić information content (AvgIpc) is 2.62. The number of benzene rings is 1. The van der Waals surface area contributed by atoms with Gasteiger partial charge in [0.2, 0.25) is 5.91 Å². The van der Waals surface area contributed by atoms with Gasteiger partial charge >= 0.3 is 0 Å². The average molecular weight is 203 g/mol. The number of rotatable bonds is 2. The maximum Gasteiger partial charge on any atom is 0.224 e. The third-order valence-electron chi connectivity index (χ3n) is 2.35. The molecule has 78 valence electrons. The highest BCUT2D eigenvalue weighted by Crippen LogP contribution is 2.21. The number of aryl methyl sites for hydroxylation is 1. The van der Waals surface area contributed by atoms with E-state index in [0.29, 0.717) is 6.42 Å². The summed E-state index contributed by atoms with van der Waals surface area (Å²) in [6.07, 6.45) is 2.22. The highest BCUT2D eigenvalue weighted by atomic mass is 16.1. The number of imidazole rings is 1. The Hall–Kier alpha value is -1.84. The van der Waals surface area contributed by atoms with E-state index in [-0.39, 0.29) is 5.91 Å². The van der Waals surface area contributed by atoms with E-state index >= 15 is 0 Å². The molecule has 0 aliphatic carbocycles. The summed E-state index contributed by atoms with van der Waals surface area (Å²) in [7, 11) is 1.93. The topological polar surface area (TPSA) is 46.9 Å². The fourth-order valence-electron chi connectivity index (χ4n) is 1.50. The van der Waals surface area contributed by atoms with Gasteiger partial charge in [-0.3, -0.25) is 4.79 Å². The molecular weight excluding hydrogens is 190 g/mol. The van der Waals surface area contributed by atoms with Gasteiger partial charge in [0, 0.05) is 13.5 Å². The summed E-state index contributed by atoms with van der Waals surface area (Å²) in [5, 5.41) is 2.83. The molecule has 15 heavy (non-hydrogen) atoms. The second-order valence-corrected chi connectivity index (χ2v) is 3.43. The van der Waals surface area contributed by atoms with Crippen LogP contribution in [0, 0.1) is 0 Å². The second kappa shape index (κ2) is 3.73. The first-order chi connectivity index (χ1) is 7.22. The van der Waals surface area contributed by atoms with Gasteiger partial charge in [-0.1, -0.05) is 13.0 Å². The highest BCUT2D eigenvalue weighted by molar-refractivity contribution is 5.99. The third kappa shape index (κ3) is 1.70. The Morgan fingerprint density at radius 2 is 2.33 bits per heavy atom. The Morgan fingerprint density at radius 3 is 3.07 bits per heavy atom. The Balaban J connectivity index is 2.47. The third-order valence-corrected chi connectivity index (χ3v) is 2.35. The Labute approximate surface area is 87.9 Å². The summed E-state index contributed by atoms with van der Waals surface area (Å²) in [5.74, 6) is 0.00755. The van der Waals surface area contributed by atoms with Gasteiger partial charge < -0.3 is 9.88 Å². The highest BCUT2D eigenvalue weighted by Gasteiger charge is 2.06. The van der Waals surface area contributed by atoms with Crippen LogP contribution in [-0.4, -0.2) is 15.5 Å². The summed E-state index contributed by atoms with van der Waals surface area (Å²) >= 11 is 0. The largest absolute Gasteiger partial charge is 0.334 e. The van der Waals surface area contributed by atoms with Crippen molar-refractivity contribution in [3.05, 3.63) is 24.5 Å². The molecule has 1 aromatic heterocycles. The monoisotopic (exact) mass is 203 g/mol. The van der Waals surface area contributed by atoms with Crippen molar-refractivity contribution in [2.45, 2.75) is 13.3 Å². The molecule has 4 nitrogen and oxygen atoms in total. The molecule has 1 N–H and O–H groups in total. The predicted octanol–water partition coefficient (Wildman–Crippen LogP) is 1.92. The van der Waals surface area contributed by atoms with E-state index in [4.69, 9.17) is 0 Å².